The Morgan fingerprint density at radius 3 is 2.92 bits per heavy atom. The Kier molecular flexibility index (Phi) is 2.79. The van der Waals surface area contributed by atoms with E-state index in [2.05, 4.69) is 17.2 Å². The van der Waals surface area contributed by atoms with Crippen molar-refractivity contribution in [3.8, 4) is 0 Å². The fourth-order valence-electron chi connectivity index (χ4n) is 0.965. The average molecular weight is 180 g/mol. The minimum absolute atomic E-state index is 0.0367. The van der Waals surface area contributed by atoms with E-state index in [1.807, 2.05) is 0 Å². The summed E-state index contributed by atoms with van der Waals surface area (Å²) in [6.07, 6.45) is 1.24. The zero-order valence-electron chi connectivity index (χ0n) is 7.28. The number of hydrogen-bond acceptors (Lipinski definition) is 4. The summed E-state index contributed by atoms with van der Waals surface area (Å²) in [5.74, 6) is 0.609. The molecule has 0 aliphatic carbocycles. The Bertz CT molecular complexity index is 325. The molecule has 0 saturated heterocycles. The Morgan fingerprint density at radius 1 is 1.77 bits per heavy atom. The lowest BCUT2D eigenvalue weighted by atomic mass is 10.2. The topological polar surface area (TPSA) is 68.1 Å². The third-order valence-electron chi connectivity index (χ3n) is 1.59. The third-order valence-corrected chi connectivity index (χ3v) is 1.59. The predicted octanol–water partition coefficient (Wildman–Crippen LogP) is 1.54. The maximum Gasteiger partial charge on any atom is 0.290 e. The van der Waals surface area contributed by atoms with E-state index >= 15 is 0 Å². The maximum absolute atomic E-state index is 10.4. The van der Waals surface area contributed by atoms with Crippen LogP contribution in [0, 0.1) is 24.0 Å². The molecule has 1 radical (unpaired) electrons. The highest BCUT2D eigenvalue weighted by Gasteiger charge is 2.10. The molecule has 1 N–H and O–H groups in total. The lowest BCUT2D eigenvalue weighted by Gasteiger charge is -2.02. The van der Waals surface area contributed by atoms with Crippen LogP contribution in [-0.4, -0.2) is 16.5 Å². The van der Waals surface area contributed by atoms with Crippen molar-refractivity contribution in [1.82, 2.24) is 4.98 Å². The Morgan fingerprint density at radius 2 is 2.46 bits per heavy atom. The number of rotatable bonds is 3. The molecule has 0 aromatic carbocycles. The molecule has 1 aromatic heterocycles. The van der Waals surface area contributed by atoms with Gasteiger partial charge in [-0.05, 0) is 19.9 Å². The van der Waals surface area contributed by atoms with E-state index in [-0.39, 0.29) is 5.69 Å². The van der Waals surface area contributed by atoms with Gasteiger partial charge in [0.1, 0.15) is 12.0 Å². The summed E-state index contributed by atoms with van der Waals surface area (Å²) in [4.78, 5) is 13.8. The van der Waals surface area contributed by atoms with Crippen LogP contribution < -0.4 is 5.32 Å². The van der Waals surface area contributed by atoms with Gasteiger partial charge in [0, 0.05) is 12.1 Å². The molecule has 0 bridgehead atoms. The van der Waals surface area contributed by atoms with Crippen LogP contribution in [-0.2, 0) is 0 Å². The Balaban J connectivity index is 2.98. The summed E-state index contributed by atoms with van der Waals surface area (Å²) in [7, 11) is 0. The van der Waals surface area contributed by atoms with Crippen molar-refractivity contribution in [2.45, 2.75) is 6.92 Å². The highest BCUT2D eigenvalue weighted by molar-refractivity contribution is 5.46. The van der Waals surface area contributed by atoms with Crippen LogP contribution in [0.5, 0.6) is 0 Å². The quantitative estimate of drug-likeness (QED) is 0.566. The molecule has 0 spiro atoms. The van der Waals surface area contributed by atoms with Gasteiger partial charge < -0.3 is 5.32 Å². The smallest absolute Gasteiger partial charge is 0.290 e. The summed E-state index contributed by atoms with van der Waals surface area (Å²) < 4.78 is 0. The van der Waals surface area contributed by atoms with Crippen LogP contribution in [0.4, 0.5) is 11.5 Å². The van der Waals surface area contributed by atoms with Crippen LogP contribution >= 0.6 is 0 Å². The molecule has 0 unspecified atom stereocenters. The fraction of sp³-hybridized carbons (Fsp3) is 0.250. The van der Waals surface area contributed by atoms with Crippen molar-refractivity contribution in [1.29, 1.82) is 0 Å². The lowest BCUT2D eigenvalue weighted by molar-refractivity contribution is -0.385. The molecule has 1 rings (SSSR count). The Labute approximate surface area is 75.9 Å². The summed E-state index contributed by atoms with van der Waals surface area (Å²) >= 11 is 0. The molecule has 1 heterocycles. The standard InChI is InChI=1S/C8H10N3O2/c1-3-9-8-4-6(2)7(5-10-8)11(12)13/h4-5H,1,3H2,2H3,(H,9,10). The number of nitro groups is 1. The number of nitrogens with zero attached hydrogens (tertiary/aromatic N) is 2. The van der Waals surface area contributed by atoms with Gasteiger partial charge in [0.15, 0.2) is 0 Å². The van der Waals surface area contributed by atoms with E-state index in [4.69, 9.17) is 0 Å². The molecule has 0 aliphatic heterocycles. The third kappa shape index (κ3) is 2.14. The minimum Gasteiger partial charge on any atom is -0.370 e. The monoisotopic (exact) mass is 180 g/mol. The van der Waals surface area contributed by atoms with Crippen LogP contribution in [0.25, 0.3) is 0 Å². The van der Waals surface area contributed by atoms with Crippen molar-refractivity contribution in [3.05, 3.63) is 34.9 Å². The van der Waals surface area contributed by atoms with Crippen molar-refractivity contribution in [2.24, 2.45) is 0 Å². The zero-order chi connectivity index (χ0) is 9.84. The molecule has 1 aromatic rings. The van der Waals surface area contributed by atoms with E-state index in [1.165, 1.54) is 6.20 Å². The maximum atomic E-state index is 10.4. The second kappa shape index (κ2) is 3.84. The summed E-state index contributed by atoms with van der Waals surface area (Å²) in [5.41, 5.74) is 0.630. The molecule has 5 heteroatoms. The SMILES string of the molecule is [CH2]CNc1cc(C)c([N+](=O)[O-])cn1. The fourth-order valence-corrected chi connectivity index (χ4v) is 0.965. The average Bonchev–Trinajstić information content (AvgIpc) is 2.04. The normalized spacial score (nSPS) is 9.69. The van der Waals surface area contributed by atoms with Gasteiger partial charge in [-0.1, -0.05) is 0 Å². The minimum atomic E-state index is -0.448. The van der Waals surface area contributed by atoms with Gasteiger partial charge in [-0.25, -0.2) is 4.98 Å². The van der Waals surface area contributed by atoms with Gasteiger partial charge in [0.2, 0.25) is 0 Å². The van der Waals surface area contributed by atoms with Gasteiger partial charge in [-0.3, -0.25) is 10.1 Å². The predicted molar refractivity (Wildman–Crippen MR) is 49.5 cm³/mol. The van der Waals surface area contributed by atoms with Gasteiger partial charge >= 0.3 is 0 Å². The lowest BCUT2D eigenvalue weighted by Crippen LogP contribution is -2.01. The van der Waals surface area contributed by atoms with Gasteiger partial charge in [0.25, 0.3) is 5.69 Å². The molecule has 69 valence electrons. The largest absolute Gasteiger partial charge is 0.370 e. The van der Waals surface area contributed by atoms with E-state index in [0.717, 1.165) is 0 Å². The Hall–Kier alpha value is -1.65. The van der Waals surface area contributed by atoms with E-state index in [9.17, 15) is 10.1 Å². The number of aryl methyl sites for hydroxylation is 1. The molecule has 0 amide bonds. The molecule has 0 saturated carbocycles. The molecule has 13 heavy (non-hydrogen) atoms. The number of aromatic nitrogens is 1. The summed E-state index contributed by atoms with van der Waals surface area (Å²) in [6.45, 7) is 5.76. The van der Waals surface area contributed by atoms with E-state index < -0.39 is 4.92 Å². The van der Waals surface area contributed by atoms with Gasteiger partial charge in [-0.2, -0.15) is 0 Å². The van der Waals surface area contributed by atoms with Crippen LogP contribution in [0.1, 0.15) is 5.56 Å². The molecule has 0 aliphatic rings. The van der Waals surface area contributed by atoms with Crippen molar-refractivity contribution < 1.29 is 4.92 Å². The van der Waals surface area contributed by atoms with E-state index in [0.29, 0.717) is 17.9 Å². The van der Waals surface area contributed by atoms with Crippen molar-refractivity contribution in [3.63, 3.8) is 0 Å². The second-order valence-corrected chi connectivity index (χ2v) is 2.54. The highest BCUT2D eigenvalue weighted by Crippen LogP contribution is 2.18. The summed E-state index contributed by atoms with van der Waals surface area (Å²) in [6, 6.07) is 1.63. The number of hydrogen-bond donors (Lipinski definition) is 1. The number of anilines is 1. The first-order valence-electron chi connectivity index (χ1n) is 3.79. The zero-order valence-corrected chi connectivity index (χ0v) is 7.28. The first-order valence-corrected chi connectivity index (χ1v) is 3.79. The number of pyridine rings is 1. The van der Waals surface area contributed by atoms with Gasteiger partial charge in [-0.15, -0.1) is 0 Å². The molecule has 0 atom stereocenters. The first-order chi connectivity index (χ1) is 6.15. The van der Waals surface area contributed by atoms with Crippen molar-refractivity contribution >= 4 is 11.5 Å². The molecular weight excluding hydrogens is 170 g/mol. The second-order valence-electron chi connectivity index (χ2n) is 2.54. The highest BCUT2D eigenvalue weighted by atomic mass is 16.6. The molecule has 0 fully saturated rings. The molecule has 5 nitrogen and oxygen atoms in total. The van der Waals surface area contributed by atoms with E-state index in [1.54, 1.807) is 13.0 Å². The first kappa shape index (κ1) is 9.44. The van der Waals surface area contributed by atoms with Gasteiger partial charge in [0.05, 0.1) is 4.92 Å². The van der Waals surface area contributed by atoms with Crippen LogP contribution in [0.3, 0.4) is 0 Å². The van der Waals surface area contributed by atoms with Crippen LogP contribution in [0.15, 0.2) is 12.3 Å². The molecular formula is C8H10N3O2. The number of nitrogens with one attached hydrogen (secondary N) is 1. The van der Waals surface area contributed by atoms with Crippen LogP contribution in [0.2, 0.25) is 0 Å². The van der Waals surface area contributed by atoms with Crippen molar-refractivity contribution in [2.75, 3.05) is 11.9 Å². The summed E-state index contributed by atoms with van der Waals surface area (Å²) in [5, 5.41) is 13.3.